The van der Waals surface area contributed by atoms with Crippen LogP contribution >= 0.6 is 0 Å². The number of anilines is 1. The number of nitrogen functional groups attached to an aromatic ring is 1. The van der Waals surface area contributed by atoms with E-state index in [0.29, 0.717) is 16.8 Å². The lowest BCUT2D eigenvalue weighted by Crippen LogP contribution is -2.11. The van der Waals surface area contributed by atoms with Crippen molar-refractivity contribution in [3.05, 3.63) is 41.5 Å². The number of rotatable bonds is 3. The van der Waals surface area contributed by atoms with Gasteiger partial charge in [-0.1, -0.05) is 24.3 Å². The molecule has 2 rings (SSSR count). The van der Waals surface area contributed by atoms with Crippen LogP contribution in [0, 0.1) is 0 Å². The zero-order valence-corrected chi connectivity index (χ0v) is 9.03. The quantitative estimate of drug-likeness (QED) is 0.755. The number of hydrogen-bond donors (Lipinski definition) is 3. The van der Waals surface area contributed by atoms with Gasteiger partial charge in [0, 0.05) is 11.3 Å². The molecule has 1 heterocycles. The van der Waals surface area contributed by atoms with Crippen LogP contribution in [-0.4, -0.2) is 10.9 Å². The van der Waals surface area contributed by atoms with Gasteiger partial charge >= 0.3 is 0 Å². The number of benzene rings is 1. The lowest BCUT2D eigenvalue weighted by molar-refractivity contribution is 0.100. The van der Waals surface area contributed by atoms with E-state index in [0.717, 1.165) is 0 Å². The van der Waals surface area contributed by atoms with E-state index in [1.165, 1.54) is 6.07 Å². The lowest BCUT2D eigenvalue weighted by Gasteiger charge is -2.03. The summed E-state index contributed by atoms with van der Waals surface area (Å²) >= 11 is 0. The molecule has 4 nitrogen and oxygen atoms in total. The van der Waals surface area contributed by atoms with Gasteiger partial charge in [0.25, 0.3) is 5.91 Å². The Kier molecular flexibility index (Phi) is 2.82. The molecule has 0 fully saturated rings. The number of aromatic nitrogens is 1. The third-order valence-electron chi connectivity index (χ3n) is 2.57. The van der Waals surface area contributed by atoms with Crippen molar-refractivity contribution in [1.29, 1.82) is 0 Å². The maximum absolute atomic E-state index is 12.8. The Morgan fingerprint density at radius 3 is 2.65 bits per heavy atom. The number of halogens is 1. The van der Waals surface area contributed by atoms with Gasteiger partial charge in [0.1, 0.15) is 12.5 Å². The summed E-state index contributed by atoms with van der Waals surface area (Å²) in [5.41, 5.74) is 12.8. The number of carbonyl (C=O) groups excluding carboxylic acids is 1. The lowest BCUT2D eigenvalue weighted by atomic mass is 10.1. The minimum atomic E-state index is -0.609. The van der Waals surface area contributed by atoms with Gasteiger partial charge in [-0.25, -0.2) is 4.39 Å². The molecule has 0 aliphatic rings. The molecule has 0 aliphatic heterocycles. The molecular weight excluding hydrogens is 221 g/mol. The Hall–Kier alpha value is -2.30. The highest BCUT2D eigenvalue weighted by molar-refractivity contribution is 5.99. The molecule has 0 atom stereocenters. The summed E-state index contributed by atoms with van der Waals surface area (Å²) in [7, 11) is 0. The molecular formula is C12H12FN3O. The predicted molar refractivity (Wildman–Crippen MR) is 64.0 cm³/mol. The number of carbonyl (C=O) groups is 1. The fourth-order valence-corrected chi connectivity index (χ4v) is 1.72. The third kappa shape index (κ3) is 1.99. The van der Waals surface area contributed by atoms with E-state index in [1.807, 2.05) is 0 Å². The predicted octanol–water partition coefficient (Wildman–Crippen LogP) is 1.83. The molecule has 2 aromatic rings. The van der Waals surface area contributed by atoms with Gasteiger partial charge in [-0.15, -0.1) is 0 Å². The number of aromatic amines is 1. The van der Waals surface area contributed by atoms with Gasteiger partial charge < -0.3 is 16.5 Å². The molecule has 88 valence electrons. The molecule has 0 saturated carbocycles. The van der Waals surface area contributed by atoms with Gasteiger partial charge in [-0.2, -0.15) is 0 Å². The van der Waals surface area contributed by atoms with Crippen LogP contribution in [0.5, 0.6) is 0 Å². The zero-order chi connectivity index (χ0) is 12.4. The topological polar surface area (TPSA) is 84.9 Å². The van der Waals surface area contributed by atoms with Crippen LogP contribution in [0.3, 0.4) is 0 Å². The van der Waals surface area contributed by atoms with Crippen LogP contribution in [0.25, 0.3) is 11.3 Å². The number of hydrogen-bond acceptors (Lipinski definition) is 2. The molecule has 0 spiro atoms. The summed E-state index contributed by atoms with van der Waals surface area (Å²) < 4.78 is 12.8. The second-order valence-electron chi connectivity index (χ2n) is 3.67. The Labute approximate surface area is 97.4 Å². The Morgan fingerprint density at radius 2 is 2.06 bits per heavy atom. The minimum absolute atomic E-state index is 0.196. The Morgan fingerprint density at radius 1 is 1.35 bits per heavy atom. The molecule has 5 N–H and O–H groups in total. The van der Waals surface area contributed by atoms with Gasteiger partial charge in [0.15, 0.2) is 0 Å². The highest BCUT2D eigenvalue weighted by atomic mass is 19.1. The van der Waals surface area contributed by atoms with E-state index < -0.39 is 12.6 Å². The average Bonchev–Trinajstić information content (AvgIpc) is 2.71. The van der Waals surface area contributed by atoms with Crippen molar-refractivity contribution in [2.75, 3.05) is 5.73 Å². The van der Waals surface area contributed by atoms with Crippen LogP contribution < -0.4 is 11.5 Å². The third-order valence-corrected chi connectivity index (χ3v) is 2.57. The molecule has 17 heavy (non-hydrogen) atoms. The molecule has 0 radical (unpaired) electrons. The molecule has 0 saturated heterocycles. The van der Waals surface area contributed by atoms with Crippen molar-refractivity contribution >= 4 is 11.7 Å². The van der Waals surface area contributed by atoms with Crippen LogP contribution in [0.2, 0.25) is 0 Å². The van der Waals surface area contributed by atoms with E-state index in [4.69, 9.17) is 11.5 Å². The standard InChI is InChI=1S/C12H12FN3O/c13-6-7-3-1-2-4-8(7)10-5-9(12(15)17)11(14)16-10/h1-5,16H,6,14H2,(H2,15,17). The Bertz CT molecular complexity index is 563. The Balaban J connectivity index is 2.53. The van der Waals surface area contributed by atoms with E-state index in [-0.39, 0.29) is 11.4 Å². The first-order chi connectivity index (χ1) is 8.13. The monoisotopic (exact) mass is 233 g/mol. The summed E-state index contributed by atoms with van der Waals surface area (Å²) in [6.07, 6.45) is 0. The second-order valence-corrected chi connectivity index (χ2v) is 3.67. The second kappa shape index (κ2) is 4.29. The van der Waals surface area contributed by atoms with Crippen LogP contribution in [0.15, 0.2) is 30.3 Å². The number of H-pyrrole nitrogens is 1. The van der Waals surface area contributed by atoms with E-state index in [9.17, 15) is 9.18 Å². The van der Waals surface area contributed by atoms with Gasteiger partial charge in [-0.05, 0) is 11.6 Å². The summed E-state index contributed by atoms with van der Waals surface area (Å²) in [5, 5.41) is 0. The van der Waals surface area contributed by atoms with Crippen molar-refractivity contribution in [2.45, 2.75) is 6.67 Å². The maximum Gasteiger partial charge on any atom is 0.252 e. The maximum atomic E-state index is 12.8. The summed E-state index contributed by atoms with van der Waals surface area (Å²) in [5.74, 6) is -0.413. The first-order valence-corrected chi connectivity index (χ1v) is 5.06. The number of primary amides is 1. The molecule has 1 aromatic heterocycles. The van der Waals surface area contributed by atoms with Gasteiger partial charge in [0.05, 0.1) is 5.56 Å². The van der Waals surface area contributed by atoms with Gasteiger partial charge in [0.2, 0.25) is 0 Å². The highest BCUT2D eigenvalue weighted by Gasteiger charge is 2.13. The molecule has 0 aliphatic carbocycles. The zero-order valence-electron chi connectivity index (χ0n) is 9.03. The SMILES string of the molecule is NC(=O)c1cc(-c2ccccc2CF)[nH]c1N. The van der Waals surface area contributed by atoms with Crippen LogP contribution in [0.1, 0.15) is 15.9 Å². The van der Waals surface area contributed by atoms with E-state index >= 15 is 0 Å². The van der Waals surface area contributed by atoms with Gasteiger partial charge in [-0.3, -0.25) is 4.79 Å². The first kappa shape index (κ1) is 11.2. The molecule has 5 heteroatoms. The molecule has 1 amide bonds. The van der Waals surface area contributed by atoms with Crippen molar-refractivity contribution in [3.8, 4) is 11.3 Å². The van der Waals surface area contributed by atoms with Crippen molar-refractivity contribution in [1.82, 2.24) is 4.98 Å². The van der Waals surface area contributed by atoms with Crippen LogP contribution in [0.4, 0.5) is 10.2 Å². The molecule has 1 aromatic carbocycles. The van der Waals surface area contributed by atoms with Crippen molar-refractivity contribution in [2.24, 2.45) is 5.73 Å². The minimum Gasteiger partial charge on any atom is -0.385 e. The summed E-state index contributed by atoms with van der Waals surface area (Å²) in [4.78, 5) is 13.9. The highest BCUT2D eigenvalue weighted by Crippen LogP contribution is 2.26. The molecule has 0 bridgehead atoms. The normalized spacial score (nSPS) is 10.4. The summed E-state index contributed by atoms with van der Waals surface area (Å²) in [6, 6.07) is 8.50. The average molecular weight is 233 g/mol. The molecule has 0 unspecified atom stereocenters. The fraction of sp³-hybridized carbons (Fsp3) is 0.0833. The number of alkyl halides is 1. The number of amides is 1. The largest absolute Gasteiger partial charge is 0.385 e. The van der Waals surface area contributed by atoms with E-state index in [2.05, 4.69) is 4.98 Å². The van der Waals surface area contributed by atoms with Crippen molar-refractivity contribution < 1.29 is 9.18 Å². The van der Waals surface area contributed by atoms with Crippen LogP contribution in [-0.2, 0) is 6.67 Å². The fourth-order valence-electron chi connectivity index (χ4n) is 1.72. The smallest absolute Gasteiger partial charge is 0.252 e. The number of nitrogens with one attached hydrogen (secondary N) is 1. The van der Waals surface area contributed by atoms with E-state index in [1.54, 1.807) is 24.3 Å². The first-order valence-electron chi connectivity index (χ1n) is 5.06. The van der Waals surface area contributed by atoms with Crippen molar-refractivity contribution in [3.63, 3.8) is 0 Å². The summed E-state index contributed by atoms with van der Waals surface area (Å²) in [6.45, 7) is -0.582. The number of nitrogens with two attached hydrogens (primary N) is 2.